The smallest absolute Gasteiger partial charge is 0.300 e. The fourth-order valence-corrected chi connectivity index (χ4v) is 0. The molecule has 11 nitrogen and oxygen atoms in total. The van der Waals surface area contributed by atoms with Crippen LogP contribution in [0.4, 0.5) is 0 Å². The molecule has 0 aromatic rings. The molecule has 0 aliphatic carbocycles. The van der Waals surface area contributed by atoms with Crippen molar-refractivity contribution in [2.45, 2.75) is 27.7 Å². The normalized spacial score (nSPS) is 4.73. The van der Waals surface area contributed by atoms with Gasteiger partial charge in [-0.2, -0.15) is 0 Å². The van der Waals surface area contributed by atoms with E-state index in [0.717, 1.165) is 27.7 Å². The molecule has 0 radical (unpaired) electrons. The van der Waals surface area contributed by atoms with Crippen LogP contribution in [0.5, 0.6) is 0 Å². The first-order valence-electron chi connectivity index (χ1n) is 4.21. The summed E-state index contributed by atoms with van der Waals surface area (Å²) in [7, 11) is 0. The van der Waals surface area contributed by atoms with E-state index in [9.17, 15) is 0 Å². The van der Waals surface area contributed by atoms with Gasteiger partial charge in [-0.05, 0) is 0 Å². The van der Waals surface area contributed by atoms with Crippen LogP contribution in [0.3, 0.4) is 0 Å². The quantitative estimate of drug-likeness (QED) is 0.236. The van der Waals surface area contributed by atoms with Crippen LogP contribution in [0.25, 0.3) is 0 Å². The Bertz CT molecular complexity index is 188. The molecule has 0 aromatic heterocycles. The van der Waals surface area contributed by atoms with Gasteiger partial charge in [-0.1, -0.05) is 0 Å². The third kappa shape index (κ3) is 1330. The van der Waals surface area contributed by atoms with E-state index in [1.807, 2.05) is 0 Å². The Labute approximate surface area is 140 Å². The third-order valence-corrected chi connectivity index (χ3v) is 0. The molecule has 0 spiro atoms. The van der Waals surface area contributed by atoms with E-state index in [4.69, 9.17) is 39.6 Å². The van der Waals surface area contributed by atoms with Crippen LogP contribution in [-0.4, -0.2) is 44.3 Å². The van der Waals surface area contributed by atoms with Gasteiger partial charge in [0.15, 0.2) is 0 Å². The number of hydrogen-bond acceptors (Lipinski definition) is 7. The van der Waals surface area contributed by atoms with Gasteiger partial charge in [0, 0.05) is 44.8 Å². The summed E-state index contributed by atoms with van der Waals surface area (Å²) in [4.78, 5) is 36.0. The summed E-state index contributed by atoms with van der Waals surface area (Å²) in [6.07, 6.45) is 0. The van der Waals surface area contributed by atoms with Crippen molar-refractivity contribution in [2.24, 2.45) is 0 Å². The van der Waals surface area contributed by atoms with Crippen molar-refractivity contribution in [3.63, 3.8) is 0 Å². The van der Waals surface area contributed by atoms with Crippen molar-refractivity contribution >= 4 is 23.9 Å². The fraction of sp³-hybridized carbons (Fsp3) is 0.400. The molecule has 0 fully saturated rings. The molecule has 13 N–H and O–H groups in total. The molecular formula is C10H29FeN3O8. The number of carbonyl (C=O) groups is 4. The Morgan fingerprint density at radius 1 is 0.545 bits per heavy atom. The second-order valence-electron chi connectivity index (χ2n) is 2.08. The Kier molecular flexibility index (Phi) is 167. The van der Waals surface area contributed by atoms with Crippen molar-refractivity contribution in [3.05, 3.63) is 13.2 Å². The van der Waals surface area contributed by atoms with Gasteiger partial charge in [-0.3, -0.25) is 19.2 Å². The van der Waals surface area contributed by atoms with Crippen molar-refractivity contribution in [1.29, 1.82) is 0 Å². The maximum atomic E-state index is 9.00. The Morgan fingerprint density at radius 3 is 0.545 bits per heavy atom. The van der Waals surface area contributed by atoms with E-state index < -0.39 is 23.9 Å². The van der Waals surface area contributed by atoms with Gasteiger partial charge >= 0.3 is 0 Å². The summed E-state index contributed by atoms with van der Waals surface area (Å²) >= 11 is 0. The molecule has 0 atom stereocenters. The molecule has 0 aromatic carbocycles. The molecule has 0 rings (SSSR count). The van der Waals surface area contributed by atoms with Crippen molar-refractivity contribution in [3.8, 4) is 0 Å². The minimum atomic E-state index is -0.833. The molecule has 12 heteroatoms. The topological polar surface area (TPSA) is 254 Å². The van der Waals surface area contributed by atoms with Gasteiger partial charge in [0.25, 0.3) is 23.9 Å². The van der Waals surface area contributed by atoms with Gasteiger partial charge < -0.3 is 38.9 Å². The zero-order chi connectivity index (χ0) is 16.3. The van der Waals surface area contributed by atoms with Crippen LogP contribution < -0.4 is 18.5 Å². The largest absolute Gasteiger partial charge is 0.481 e. The fourth-order valence-electron chi connectivity index (χ4n) is 0. The summed E-state index contributed by atoms with van der Waals surface area (Å²) in [5, 5.41) is 29.7. The van der Waals surface area contributed by atoms with Crippen LogP contribution in [0.2, 0.25) is 0 Å². The Hall–Kier alpha value is -1.98. The maximum Gasteiger partial charge on any atom is 0.300 e. The molecule has 0 saturated carbocycles. The third-order valence-electron chi connectivity index (χ3n) is 0. The molecule has 0 saturated heterocycles. The van der Waals surface area contributed by atoms with Crippen LogP contribution in [0.15, 0.2) is 13.2 Å². The Morgan fingerprint density at radius 2 is 0.545 bits per heavy atom. The first-order chi connectivity index (χ1) is 7.93. The van der Waals surface area contributed by atoms with Gasteiger partial charge in [-0.25, -0.2) is 0 Å². The summed E-state index contributed by atoms with van der Waals surface area (Å²) in [5.41, 5.74) is 0. The zero-order valence-corrected chi connectivity index (χ0v) is 14.4. The molecule has 0 bridgehead atoms. The van der Waals surface area contributed by atoms with Crippen molar-refractivity contribution in [2.75, 3.05) is 0 Å². The number of carboxylic acids is 4. The average Bonchev–Trinajstić information content (AvgIpc) is 2.01. The second-order valence-corrected chi connectivity index (χ2v) is 2.08. The van der Waals surface area contributed by atoms with Gasteiger partial charge in [0.2, 0.25) is 0 Å². The number of aliphatic carboxylic acids is 4. The van der Waals surface area contributed by atoms with Crippen LogP contribution in [0.1, 0.15) is 27.7 Å². The molecule has 0 heterocycles. The first kappa shape index (κ1) is 59.6. The number of rotatable bonds is 0. The summed E-state index contributed by atoms with van der Waals surface area (Å²) in [6.45, 7) is 10.3. The zero-order valence-electron chi connectivity index (χ0n) is 13.3. The number of hydrogen-bond donors (Lipinski definition) is 7. The molecule has 0 aliphatic heterocycles. The summed E-state index contributed by atoms with van der Waals surface area (Å²) in [6, 6.07) is 0. The molecule has 140 valence electrons. The summed E-state index contributed by atoms with van der Waals surface area (Å²) < 4.78 is 0. The molecule has 0 unspecified atom stereocenters. The molecule has 0 amide bonds. The van der Waals surface area contributed by atoms with E-state index in [2.05, 4.69) is 13.2 Å². The monoisotopic (exact) mass is 375 g/mol. The van der Waals surface area contributed by atoms with E-state index in [1.54, 1.807) is 0 Å². The second kappa shape index (κ2) is 61.5. The maximum absolute atomic E-state index is 9.00. The first-order valence-corrected chi connectivity index (χ1v) is 4.21. The van der Waals surface area contributed by atoms with Crippen LogP contribution >= 0.6 is 0 Å². The number of carboxylic acid groups (broad SMARTS) is 4. The predicted molar refractivity (Wildman–Crippen MR) is 79.6 cm³/mol. The van der Waals surface area contributed by atoms with Gasteiger partial charge in [0.05, 0.1) is 0 Å². The minimum Gasteiger partial charge on any atom is -0.481 e. The Balaban J connectivity index is -0.0000000133. The van der Waals surface area contributed by atoms with Gasteiger partial charge in [-0.15, -0.1) is 13.2 Å². The average molecular weight is 375 g/mol. The van der Waals surface area contributed by atoms with Crippen molar-refractivity contribution < 1.29 is 56.7 Å². The van der Waals surface area contributed by atoms with E-state index in [1.165, 1.54) is 0 Å². The van der Waals surface area contributed by atoms with Crippen molar-refractivity contribution in [1.82, 2.24) is 18.5 Å². The molecular weight excluding hydrogens is 346 g/mol. The van der Waals surface area contributed by atoms with Crippen LogP contribution in [0, 0.1) is 0 Å². The van der Waals surface area contributed by atoms with E-state index in [-0.39, 0.29) is 35.5 Å². The molecule has 22 heavy (non-hydrogen) atoms. The van der Waals surface area contributed by atoms with Gasteiger partial charge in [0.1, 0.15) is 0 Å². The minimum absolute atomic E-state index is 0. The van der Waals surface area contributed by atoms with Crippen LogP contribution in [-0.2, 0) is 36.2 Å². The molecule has 0 aliphatic rings. The predicted octanol–water partition coefficient (Wildman–Crippen LogP) is 1.65. The van der Waals surface area contributed by atoms with E-state index >= 15 is 0 Å². The van der Waals surface area contributed by atoms with E-state index in [0.29, 0.717) is 0 Å². The SMILES string of the molecule is C=C.CC(=O)O.CC(=O)O.CC(=O)O.CC(=O)O.N.N.N.[Fe]. The summed E-state index contributed by atoms with van der Waals surface area (Å²) in [5.74, 6) is -3.33. The standard InChI is InChI=1S/4C2H4O2.C2H4.Fe.3H3N/c4*1-2(3)4;1-2;;;;/h4*1H3,(H,3,4);1-2H2;;3*1H3.